The molecule has 2 rings (SSSR count). The lowest BCUT2D eigenvalue weighted by molar-refractivity contribution is 0.0952. The molecule has 0 aliphatic carbocycles. The van der Waals surface area contributed by atoms with Crippen molar-refractivity contribution in [2.24, 2.45) is 5.84 Å². The van der Waals surface area contributed by atoms with Crippen molar-refractivity contribution in [3.8, 4) is 0 Å². The van der Waals surface area contributed by atoms with Crippen LogP contribution in [0.2, 0.25) is 0 Å². The summed E-state index contributed by atoms with van der Waals surface area (Å²) in [5, 5.41) is 10.2. The predicted molar refractivity (Wildman–Crippen MR) is 64.4 cm³/mol. The average Bonchev–Trinajstić information content (AvgIpc) is 2.91. The van der Waals surface area contributed by atoms with E-state index < -0.39 is 0 Å². The van der Waals surface area contributed by atoms with Crippen molar-refractivity contribution in [1.82, 2.24) is 25.3 Å². The fourth-order valence-corrected chi connectivity index (χ4v) is 1.44. The van der Waals surface area contributed by atoms with Crippen LogP contribution in [0, 0.1) is 0 Å². The van der Waals surface area contributed by atoms with Crippen LogP contribution < -0.4 is 16.6 Å². The summed E-state index contributed by atoms with van der Waals surface area (Å²) in [7, 11) is 0. The largest absolute Gasteiger partial charge is 0.350 e. The highest BCUT2D eigenvalue weighted by Gasteiger charge is 2.09. The third-order valence-electron chi connectivity index (χ3n) is 2.32. The molecule has 2 aromatic rings. The molecule has 8 nitrogen and oxygen atoms in total. The molecule has 4 N–H and O–H groups in total. The maximum Gasteiger partial charge on any atom is 0.253 e. The molecule has 2 heterocycles. The number of hydrogen-bond acceptors (Lipinski definition) is 6. The molecule has 0 spiro atoms. The quantitative estimate of drug-likeness (QED) is 0.480. The second-order valence-electron chi connectivity index (χ2n) is 3.49. The van der Waals surface area contributed by atoms with Crippen LogP contribution >= 0.6 is 0 Å². The van der Waals surface area contributed by atoms with Crippen molar-refractivity contribution in [3.63, 3.8) is 0 Å². The Morgan fingerprint density at radius 1 is 1.44 bits per heavy atom. The maximum atomic E-state index is 11.9. The summed E-state index contributed by atoms with van der Waals surface area (Å²) in [6, 6.07) is 1.60. The molecule has 0 radical (unpaired) electrons. The van der Waals surface area contributed by atoms with Crippen molar-refractivity contribution >= 4 is 11.6 Å². The number of nitrogens with zero attached hydrogens (tertiary/aromatic N) is 4. The number of rotatable bonds is 5. The molecular formula is C10H13N7O. The molecule has 0 saturated carbocycles. The number of hydrazine groups is 1. The molecule has 0 bridgehead atoms. The van der Waals surface area contributed by atoms with Gasteiger partial charge in [-0.1, -0.05) is 5.21 Å². The molecule has 18 heavy (non-hydrogen) atoms. The van der Waals surface area contributed by atoms with Gasteiger partial charge in [0.2, 0.25) is 0 Å². The van der Waals surface area contributed by atoms with Crippen molar-refractivity contribution in [2.75, 3.05) is 12.0 Å². The first-order valence-corrected chi connectivity index (χ1v) is 5.34. The van der Waals surface area contributed by atoms with Crippen LogP contribution in [0.1, 0.15) is 10.4 Å². The Bertz CT molecular complexity index is 511. The Hall–Kier alpha value is -2.48. The van der Waals surface area contributed by atoms with Gasteiger partial charge >= 0.3 is 0 Å². The van der Waals surface area contributed by atoms with Gasteiger partial charge in [-0.15, -0.1) is 5.10 Å². The van der Waals surface area contributed by atoms with E-state index in [9.17, 15) is 4.79 Å². The number of nitrogens with two attached hydrogens (primary N) is 1. The smallest absolute Gasteiger partial charge is 0.253 e. The molecule has 1 amide bonds. The third kappa shape index (κ3) is 2.80. The van der Waals surface area contributed by atoms with E-state index in [0.717, 1.165) is 0 Å². The first kappa shape index (κ1) is 12.0. The number of pyridine rings is 1. The molecule has 0 saturated heterocycles. The van der Waals surface area contributed by atoms with Crippen LogP contribution in [0.25, 0.3) is 0 Å². The summed E-state index contributed by atoms with van der Waals surface area (Å²) in [4.78, 5) is 15.7. The number of carbonyl (C=O) groups excluding carboxylic acids is 1. The van der Waals surface area contributed by atoms with Gasteiger partial charge < -0.3 is 10.7 Å². The van der Waals surface area contributed by atoms with Crippen molar-refractivity contribution in [2.45, 2.75) is 6.54 Å². The number of nitrogen functional groups attached to an aromatic ring is 1. The van der Waals surface area contributed by atoms with E-state index in [1.807, 2.05) is 0 Å². The van der Waals surface area contributed by atoms with E-state index in [0.29, 0.717) is 24.3 Å². The van der Waals surface area contributed by atoms with Gasteiger partial charge in [0, 0.05) is 18.9 Å². The van der Waals surface area contributed by atoms with Crippen LogP contribution in [0.15, 0.2) is 30.9 Å². The summed E-state index contributed by atoms with van der Waals surface area (Å²) in [6.07, 6.45) is 6.34. The minimum Gasteiger partial charge on any atom is -0.350 e. The minimum atomic E-state index is -0.217. The van der Waals surface area contributed by atoms with Gasteiger partial charge in [-0.05, 0) is 6.07 Å². The van der Waals surface area contributed by atoms with Crippen LogP contribution in [0.4, 0.5) is 5.69 Å². The van der Waals surface area contributed by atoms with Crippen LogP contribution in [0.3, 0.4) is 0 Å². The summed E-state index contributed by atoms with van der Waals surface area (Å²) >= 11 is 0. The number of amides is 1. The van der Waals surface area contributed by atoms with E-state index in [-0.39, 0.29) is 5.91 Å². The molecule has 94 valence electrons. The Morgan fingerprint density at radius 3 is 3.06 bits per heavy atom. The second-order valence-corrected chi connectivity index (χ2v) is 3.49. The van der Waals surface area contributed by atoms with Gasteiger partial charge in [0.05, 0.1) is 30.2 Å². The Labute approximate surface area is 103 Å². The third-order valence-corrected chi connectivity index (χ3v) is 2.32. The van der Waals surface area contributed by atoms with Crippen molar-refractivity contribution in [1.29, 1.82) is 0 Å². The number of carbonyl (C=O) groups is 1. The topological polar surface area (TPSA) is 111 Å². The molecule has 0 aliphatic rings. The van der Waals surface area contributed by atoms with E-state index >= 15 is 0 Å². The SMILES string of the molecule is NNc1cnccc1C(=O)NCCn1ccnn1. The monoisotopic (exact) mass is 247 g/mol. The number of hydrogen-bond donors (Lipinski definition) is 3. The first-order chi connectivity index (χ1) is 8.81. The average molecular weight is 247 g/mol. The van der Waals surface area contributed by atoms with E-state index in [2.05, 4.69) is 26.0 Å². The fraction of sp³-hybridized carbons (Fsp3) is 0.200. The van der Waals surface area contributed by atoms with Crippen molar-refractivity contribution < 1.29 is 4.79 Å². The van der Waals surface area contributed by atoms with Gasteiger partial charge in [-0.2, -0.15) is 0 Å². The normalized spacial score (nSPS) is 10.1. The number of anilines is 1. The van der Waals surface area contributed by atoms with Crippen LogP contribution in [-0.4, -0.2) is 32.4 Å². The standard InChI is InChI=1S/C10H13N7O/c11-15-9-7-12-2-1-8(9)10(18)13-3-5-17-6-4-14-16-17/h1-2,4,6-7,15H,3,5,11H2,(H,13,18). The zero-order valence-corrected chi connectivity index (χ0v) is 9.58. The molecule has 0 aliphatic heterocycles. The van der Waals surface area contributed by atoms with E-state index in [1.54, 1.807) is 23.1 Å². The fourth-order valence-electron chi connectivity index (χ4n) is 1.44. The van der Waals surface area contributed by atoms with Crippen LogP contribution in [-0.2, 0) is 6.54 Å². The highest BCUT2D eigenvalue weighted by atomic mass is 16.1. The lowest BCUT2D eigenvalue weighted by Crippen LogP contribution is -2.28. The summed E-state index contributed by atoms with van der Waals surface area (Å²) in [5.41, 5.74) is 3.36. The maximum absolute atomic E-state index is 11.9. The van der Waals surface area contributed by atoms with Crippen LogP contribution in [0.5, 0.6) is 0 Å². The zero-order valence-electron chi connectivity index (χ0n) is 9.58. The van der Waals surface area contributed by atoms with Gasteiger partial charge in [-0.25, -0.2) is 0 Å². The molecule has 0 fully saturated rings. The van der Waals surface area contributed by atoms with Gasteiger partial charge in [0.1, 0.15) is 0 Å². The lowest BCUT2D eigenvalue weighted by Gasteiger charge is -2.08. The molecular weight excluding hydrogens is 234 g/mol. The zero-order chi connectivity index (χ0) is 12.8. The number of nitrogens with one attached hydrogen (secondary N) is 2. The summed E-state index contributed by atoms with van der Waals surface area (Å²) in [5.74, 6) is 5.08. The number of aromatic nitrogens is 4. The van der Waals surface area contributed by atoms with Crippen molar-refractivity contribution in [3.05, 3.63) is 36.4 Å². The Balaban J connectivity index is 1.91. The Morgan fingerprint density at radius 2 is 2.33 bits per heavy atom. The van der Waals surface area contributed by atoms with Gasteiger partial charge in [0.15, 0.2) is 0 Å². The van der Waals surface area contributed by atoms with Gasteiger partial charge in [-0.3, -0.25) is 20.3 Å². The van der Waals surface area contributed by atoms with E-state index in [1.165, 1.54) is 12.4 Å². The second kappa shape index (κ2) is 5.73. The predicted octanol–water partition coefficient (Wildman–Crippen LogP) is -0.611. The highest BCUT2D eigenvalue weighted by Crippen LogP contribution is 2.10. The highest BCUT2D eigenvalue weighted by molar-refractivity contribution is 5.99. The van der Waals surface area contributed by atoms with E-state index in [4.69, 9.17) is 5.84 Å². The molecule has 0 unspecified atom stereocenters. The minimum absolute atomic E-state index is 0.217. The molecule has 2 aromatic heterocycles. The lowest BCUT2D eigenvalue weighted by atomic mass is 10.2. The summed E-state index contributed by atoms with van der Waals surface area (Å²) in [6.45, 7) is 1.01. The first-order valence-electron chi connectivity index (χ1n) is 5.34. The summed E-state index contributed by atoms with van der Waals surface area (Å²) < 4.78 is 1.63. The molecule has 0 aromatic carbocycles. The molecule has 0 atom stereocenters. The molecule has 8 heteroatoms. The Kier molecular flexibility index (Phi) is 3.82. The van der Waals surface area contributed by atoms with Gasteiger partial charge in [0.25, 0.3) is 5.91 Å².